The third kappa shape index (κ3) is 4.51. The Balaban J connectivity index is 1.41. The molecular weight excluding hydrogens is 418 g/mol. The summed E-state index contributed by atoms with van der Waals surface area (Å²) in [4.78, 5) is 17.1. The number of nitrogens with zero attached hydrogens (tertiary/aromatic N) is 1. The van der Waals surface area contributed by atoms with Crippen LogP contribution in [0, 0.1) is 5.92 Å². The summed E-state index contributed by atoms with van der Waals surface area (Å²) in [7, 11) is -3.58. The molecule has 1 atom stereocenters. The van der Waals surface area contributed by atoms with Gasteiger partial charge in [-0.15, -0.1) is 0 Å². The van der Waals surface area contributed by atoms with Gasteiger partial charge in [-0.05, 0) is 35.7 Å². The number of aliphatic imine (C=N–C) groups is 1. The molecule has 2 aliphatic rings. The summed E-state index contributed by atoms with van der Waals surface area (Å²) in [5, 5.41) is 3.06. The normalized spacial score (nSPS) is 18.4. The molecule has 1 amide bonds. The third-order valence-corrected chi connectivity index (χ3v) is 6.58. The second kappa shape index (κ2) is 8.58. The van der Waals surface area contributed by atoms with E-state index in [1.165, 1.54) is 6.07 Å². The topological polar surface area (TPSA) is 106 Å². The van der Waals surface area contributed by atoms with Gasteiger partial charge in [0.05, 0.1) is 17.5 Å². The van der Waals surface area contributed by atoms with Crippen molar-refractivity contribution in [2.75, 3.05) is 19.8 Å². The van der Waals surface area contributed by atoms with Crippen molar-refractivity contribution in [1.82, 2.24) is 10.0 Å². The number of ether oxygens (including phenoxy) is 2. The Hall–Kier alpha value is -3.07. The molecule has 0 aliphatic carbocycles. The van der Waals surface area contributed by atoms with E-state index < -0.39 is 10.0 Å². The van der Waals surface area contributed by atoms with Crippen LogP contribution in [0.25, 0.3) is 0 Å². The molecule has 4 rings (SSSR count). The van der Waals surface area contributed by atoms with Crippen LogP contribution in [0.2, 0.25) is 0 Å². The Morgan fingerprint density at radius 2 is 1.87 bits per heavy atom. The summed E-state index contributed by atoms with van der Waals surface area (Å²) in [5.41, 5.74) is 1.47. The van der Waals surface area contributed by atoms with Crippen LogP contribution in [0.1, 0.15) is 37.4 Å². The first-order valence-electron chi connectivity index (χ1n) is 10.2. The van der Waals surface area contributed by atoms with Gasteiger partial charge in [0.25, 0.3) is 10.0 Å². The highest BCUT2D eigenvalue weighted by atomic mass is 32.2. The maximum absolute atomic E-state index is 12.6. The molecule has 0 radical (unpaired) electrons. The Morgan fingerprint density at radius 1 is 1.13 bits per heavy atom. The lowest BCUT2D eigenvalue weighted by Gasteiger charge is -2.25. The van der Waals surface area contributed by atoms with Crippen LogP contribution in [0.15, 0.2) is 52.4 Å². The molecule has 0 fully saturated rings. The lowest BCUT2D eigenvalue weighted by molar-refractivity contribution is -0.122. The van der Waals surface area contributed by atoms with Crippen LogP contribution in [0.3, 0.4) is 0 Å². The van der Waals surface area contributed by atoms with Crippen LogP contribution in [-0.4, -0.2) is 39.9 Å². The Morgan fingerprint density at radius 3 is 2.65 bits per heavy atom. The molecule has 9 heteroatoms. The molecule has 2 aliphatic heterocycles. The molecule has 2 heterocycles. The number of carbonyl (C=O) groups is 1. The molecule has 31 heavy (non-hydrogen) atoms. The van der Waals surface area contributed by atoms with Gasteiger partial charge in [-0.2, -0.15) is 0 Å². The molecule has 0 bridgehead atoms. The number of amides is 1. The van der Waals surface area contributed by atoms with Crippen molar-refractivity contribution in [3.63, 3.8) is 0 Å². The average Bonchev–Trinajstić information content (AvgIpc) is 3.02. The zero-order valence-corrected chi connectivity index (χ0v) is 18.2. The molecular formula is C22H25N3O5S. The van der Waals surface area contributed by atoms with Crippen LogP contribution in [0.4, 0.5) is 0 Å². The van der Waals surface area contributed by atoms with E-state index in [0.717, 1.165) is 5.56 Å². The highest BCUT2D eigenvalue weighted by molar-refractivity contribution is 7.90. The molecule has 0 aromatic heterocycles. The first-order valence-corrected chi connectivity index (χ1v) is 11.7. The van der Waals surface area contributed by atoms with Crippen molar-refractivity contribution < 1.29 is 22.7 Å². The lowest BCUT2D eigenvalue weighted by Crippen LogP contribution is -2.32. The van der Waals surface area contributed by atoms with E-state index in [4.69, 9.17) is 9.47 Å². The molecule has 164 valence electrons. The zero-order valence-electron chi connectivity index (χ0n) is 17.4. The smallest absolute Gasteiger partial charge is 0.263 e. The second-order valence-electron chi connectivity index (χ2n) is 7.77. The first-order chi connectivity index (χ1) is 14.8. The minimum Gasteiger partial charge on any atom is -0.486 e. The second-order valence-corrected chi connectivity index (χ2v) is 9.43. The van der Waals surface area contributed by atoms with Crippen molar-refractivity contribution in [3.8, 4) is 11.5 Å². The highest BCUT2D eigenvalue weighted by Crippen LogP contribution is 2.34. The molecule has 0 spiro atoms. The van der Waals surface area contributed by atoms with E-state index in [9.17, 15) is 13.2 Å². The van der Waals surface area contributed by atoms with Crippen LogP contribution in [-0.2, 0) is 14.8 Å². The minimum atomic E-state index is -3.58. The molecule has 2 aromatic carbocycles. The number of carbonyl (C=O) groups excluding carboxylic acids is 1. The monoisotopic (exact) mass is 443 g/mol. The van der Waals surface area contributed by atoms with E-state index in [2.05, 4.69) is 15.0 Å². The average molecular weight is 444 g/mol. The number of nitrogens with one attached hydrogen (secondary N) is 2. The van der Waals surface area contributed by atoms with E-state index in [1.54, 1.807) is 18.2 Å². The maximum atomic E-state index is 12.6. The number of hydrogen-bond donors (Lipinski definition) is 2. The minimum absolute atomic E-state index is 0.140. The lowest BCUT2D eigenvalue weighted by atomic mass is 9.95. The number of hydrogen-bond acceptors (Lipinski definition) is 6. The fourth-order valence-corrected chi connectivity index (χ4v) is 4.91. The fourth-order valence-electron chi connectivity index (χ4n) is 3.65. The van der Waals surface area contributed by atoms with E-state index in [-0.39, 0.29) is 41.6 Å². The van der Waals surface area contributed by atoms with Crippen LogP contribution >= 0.6 is 0 Å². The third-order valence-electron chi connectivity index (χ3n) is 5.18. The van der Waals surface area contributed by atoms with Crippen molar-refractivity contribution in [1.29, 1.82) is 0 Å². The van der Waals surface area contributed by atoms with Gasteiger partial charge < -0.3 is 14.8 Å². The number of rotatable bonds is 6. The summed E-state index contributed by atoms with van der Waals surface area (Å²) < 4.78 is 38.0. The molecule has 0 saturated heterocycles. The Bertz CT molecular complexity index is 1130. The van der Waals surface area contributed by atoms with Crippen LogP contribution in [0.5, 0.6) is 11.5 Å². The van der Waals surface area contributed by atoms with Crippen LogP contribution < -0.4 is 19.5 Å². The van der Waals surface area contributed by atoms with Gasteiger partial charge in [0.15, 0.2) is 11.5 Å². The van der Waals surface area contributed by atoms with Gasteiger partial charge in [-0.3, -0.25) is 14.5 Å². The molecule has 8 nitrogen and oxygen atoms in total. The maximum Gasteiger partial charge on any atom is 0.263 e. The van der Waals surface area contributed by atoms with Crippen molar-refractivity contribution in [3.05, 3.63) is 53.6 Å². The van der Waals surface area contributed by atoms with Gasteiger partial charge in [0.1, 0.15) is 19.0 Å². The number of sulfonamides is 1. The quantitative estimate of drug-likeness (QED) is 0.713. The number of fused-ring (bicyclic) bond motifs is 2. The standard InChI is InChI=1S/C22H25N3O5S/c1-14(2)21(15-7-8-17-18(13-15)30-12-11-29-17)24-20(26)9-10-23-22-16-5-3-4-6-19(16)31(27,28)25-22/h3-8,13-14,21H,9-12H2,1-2H3,(H,23,25)(H,24,26)/t21-/m0/s1. The van der Waals surface area contributed by atoms with E-state index in [1.807, 2.05) is 32.0 Å². The molecule has 2 aromatic rings. The van der Waals surface area contributed by atoms with E-state index in [0.29, 0.717) is 30.3 Å². The highest BCUT2D eigenvalue weighted by Gasteiger charge is 2.30. The number of benzene rings is 2. The van der Waals surface area contributed by atoms with Gasteiger partial charge in [-0.25, -0.2) is 8.42 Å². The van der Waals surface area contributed by atoms with Crippen molar-refractivity contribution >= 4 is 21.8 Å². The summed E-state index contributed by atoms with van der Waals surface area (Å²) in [6.45, 7) is 5.27. The van der Waals surface area contributed by atoms with E-state index >= 15 is 0 Å². The van der Waals surface area contributed by atoms with Gasteiger partial charge in [-0.1, -0.05) is 32.0 Å². The molecule has 0 saturated carbocycles. The van der Waals surface area contributed by atoms with Crippen molar-refractivity contribution in [2.45, 2.75) is 31.2 Å². The largest absolute Gasteiger partial charge is 0.486 e. The first kappa shape index (κ1) is 21.2. The summed E-state index contributed by atoms with van der Waals surface area (Å²) in [5.74, 6) is 1.66. The predicted molar refractivity (Wildman–Crippen MR) is 116 cm³/mol. The Kier molecular flexibility index (Phi) is 5.86. The van der Waals surface area contributed by atoms with Crippen molar-refractivity contribution in [2.24, 2.45) is 10.9 Å². The number of amidine groups is 1. The van der Waals surface area contributed by atoms with Gasteiger partial charge in [0.2, 0.25) is 5.91 Å². The SMILES string of the molecule is CC(C)[C@H](NC(=O)CCN=C1NS(=O)(=O)c2ccccc21)c1ccc2c(c1)OCCO2. The summed E-state index contributed by atoms with van der Waals surface area (Å²) in [6.07, 6.45) is 0.140. The predicted octanol–water partition coefficient (Wildman–Crippen LogP) is 2.40. The zero-order chi connectivity index (χ0) is 22.0. The fraction of sp³-hybridized carbons (Fsp3) is 0.364. The van der Waals surface area contributed by atoms with Gasteiger partial charge >= 0.3 is 0 Å². The summed E-state index contributed by atoms with van der Waals surface area (Å²) in [6, 6.07) is 12.2. The molecule has 0 unspecified atom stereocenters. The Labute approximate surface area is 181 Å². The molecule has 2 N–H and O–H groups in total. The van der Waals surface area contributed by atoms with Gasteiger partial charge in [0, 0.05) is 12.0 Å². The summed E-state index contributed by atoms with van der Waals surface area (Å²) >= 11 is 0.